The molecule has 0 saturated carbocycles. The highest BCUT2D eigenvalue weighted by Gasteiger charge is 2.26. The molecule has 8 heteroatoms. The summed E-state index contributed by atoms with van der Waals surface area (Å²) in [6.45, 7) is 6.10. The second-order valence-corrected chi connectivity index (χ2v) is 7.86. The topological polar surface area (TPSA) is 80.2 Å². The number of thiazole rings is 1. The van der Waals surface area contributed by atoms with Crippen molar-refractivity contribution in [2.24, 2.45) is 5.92 Å². The van der Waals surface area contributed by atoms with Crippen molar-refractivity contribution in [1.29, 1.82) is 0 Å². The predicted molar refractivity (Wildman–Crippen MR) is 111 cm³/mol. The summed E-state index contributed by atoms with van der Waals surface area (Å²) in [5.74, 6) is 1.58. The van der Waals surface area contributed by atoms with Crippen LogP contribution in [-0.4, -0.2) is 40.6 Å². The van der Waals surface area contributed by atoms with Gasteiger partial charge in [-0.3, -0.25) is 4.79 Å². The number of nitrogens with one attached hydrogen (secondary N) is 1. The number of fused-ring (bicyclic) bond motifs is 1. The summed E-state index contributed by atoms with van der Waals surface area (Å²) in [7, 11) is 0. The van der Waals surface area contributed by atoms with Crippen molar-refractivity contribution in [3.8, 4) is 5.75 Å². The van der Waals surface area contributed by atoms with Gasteiger partial charge in [0.1, 0.15) is 5.75 Å². The minimum atomic E-state index is -0.0212. The molecule has 146 valence electrons. The van der Waals surface area contributed by atoms with Gasteiger partial charge in [-0.15, -0.1) is 0 Å². The van der Waals surface area contributed by atoms with Crippen LogP contribution in [0.15, 0.2) is 30.5 Å². The molecule has 1 fully saturated rings. The minimum absolute atomic E-state index is 0.0212. The molecular formula is C20H23N5O2S. The third kappa shape index (κ3) is 4.06. The van der Waals surface area contributed by atoms with Crippen molar-refractivity contribution in [2.75, 3.05) is 29.9 Å². The normalized spacial score (nSPS) is 15.0. The number of hydrogen-bond acceptors (Lipinski definition) is 7. The Morgan fingerprint density at radius 3 is 2.86 bits per heavy atom. The van der Waals surface area contributed by atoms with Gasteiger partial charge in [0.2, 0.25) is 11.9 Å². The maximum atomic E-state index is 12.7. The Kier molecular flexibility index (Phi) is 5.38. The molecule has 4 rings (SSSR count). The summed E-state index contributed by atoms with van der Waals surface area (Å²) >= 11 is 1.48. The van der Waals surface area contributed by atoms with Crippen LogP contribution in [-0.2, 0) is 4.79 Å². The van der Waals surface area contributed by atoms with Gasteiger partial charge in [0.15, 0.2) is 5.13 Å². The number of rotatable bonds is 5. The zero-order valence-electron chi connectivity index (χ0n) is 16.0. The lowest BCUT2D eigenvalue weighted by atomic mass is 9.96. The summed E-state index contributed by atoms with van der Waals surface area (Å²) in [6, 6.07) is 7.68. The van der Waals surface area contributed by atoms with Crippen molar-refractivity contribution in [2.45, 2.75) is 26.7 Å². The monoisotopic (exact) mass is 397 g/mol. The van der Waals surface area contributed by atoms with Crippen molar-refractivity contribution < 1.29 is 9.53 Å². The molecule has 0 spiro atoms. The fourth-order valence-electron chi connectivity index (χ4n) is 3.35. The molecule has 3 aromatic rings. The van der Waals surface area contributed by atoms with Crippen LogP contribution in [0.25, 0.3) is 10.2 Å². The van der Waals surface area contributed by atoms with Gasteiger partial charge in [-0.25, -0.2) is 15.0 Å². The molecule has 0 aliphatic carbocycles. The van der Waals surface area contributed by atoms with Gasteiger partial charge in [0, 0.05) is 30.9 Å². The Labute approximate surface area is 167 Å². The molecule has 0 unspecified atom stereocenters. The highest BCUT2D eigenvalue weighted by Crippen LogP contribution is 2.30. The standard InChI is InChI=1S/C20H23N5O2S/c1-3-27-15-4-5-16-17(12-15)28-20(23-16)24-18(26)14-7-10-25(11-8-14)19-21-9-6-13(2)22-19/h4-6,9,12,14H,3,7-8,10-11H2,1-2H3,(H,23,24,26). The van der Waals surface area contributed by atoms with Gasteiger partial charge in [0.05, 0.1) is 16.8 Å². The molecule has 3 heterocycles. The first kappa shape index (κ1) is 18.6. The number of aromatic nitrogens is 3. The van der Waals surface area contributed by atoms with E-state index in [1.807, 2.05) is 38.1 Å². The number of nitrogens with zero attached hydrogens (tertiary/aromatic N) is 4. The van der Waals surface area contributed by atoms with Gasteiger partial charge in [-0.1, -0.05) is 11.3 Å². The molecule has 7 nitrogen and oxygen atoms in total. The van der Waals surface area contributed by atoms with Gasteiger partial charge in [-0.2, -0.15) is 0 Å². The smallest absolute Gasteiger partial charge is 0.229 e. The predicted octanol–water partition coefficient (Wildman–Crippen LogP) is 3.65. The lowest BCUT2D eigenvalue weighted by molar-refractivity contribution is -0.120. The number of hydrogen-bond donors (Lipinski definition) is 1. The fraction of sp³-hybridized carbons (Fsp3) is 0.400. The van der Waals surface area contributed by atoms with E-state index in [4.69, 9.17) is 4.74 Å². The highest BCUT2D eigenvalue weighted by molar-refractivity contribution is 7.22. The zero-order valence-corrected chi connectivity index (χ0v) is 16.8. The number of ether oxygens (including phenoxy) is 1. The van der Waals surface area contributed by atoms with E-state index in [0.29, 0.717) is 11.7 Å². The van der Waals surface area contributed by atoms with Crippen molar-refractivity contribution in [3.63, 3.8) is 0 Å². The molecule has 0 bridgehead atoms. The first-order chi connectivity index (χ1) is 13.6. The van der Waals surface area contributed by atoms with Crippen LogP contribution in [0.4, 0.5) is 11.1 Å². The third-order valence-electron chi connectivity index (χ3n) is 4.83. The Balaban J connectivity index is 1.37. The van der Waals surface area contributed by atoms with Crippen molar-refractivity contribution in [1.82, 2.24) is 15.0 Å². The van der Waals surface area contributed by atoms with Crippen LogP contribution in [0.5, 0.6) is 5.75 Å². The first-order valence-corrected chi connectivity index (χ1v) is 10.3. The molecule has 2 aromatic heterocycles. The van der Waals surface area contributed by atoms with Crippen LogP contribution in [0, 0.1) is 12.8 Å². The van der Waals surface area contributed by atoms with Crippen molar-refractivity contribution >= 4 is 38.5 Å². The molecule has 1 aliphatic heterocycles. The molecule has 1 amide bonds. The summed E-state index contributed by atoms with van der Waals surface area (Å²) in [5.41, 5.74) is 1.82. The molecule has 1 aromatic carbocycles. The Morgan fingerprint density at radius 1 is 1.29 bits per heavy atom. The van der Waals surface area contributed by atoms with E-state index >= 15 is 0 Å². The lowest BCUT2D eigenvalue weighted by Gasteiger charge is -2.31. The lowest BCUT2D eigenvalue weighted by Crippen LogP contribution is -2.39. The van der Waals surface area contributed by atoms with Gasteiger partial charge >= 0.3 is 0 Å². The molecule has 0 atom stereocenters. The third-order valence-corrected chi connectivity index (χ3v) is 5.77. The average molecular weight is 398 g/mol. The molecule has 1 saturated heterocycles. The maximum Gasteiger partial charge on any atom is 0.229 e. The zero-order chi connectivity index (χ0) is 19.5. The quantitative estimate of drug-likeness (QED) is 0.708. The number of anilines is 2. The van der Waals surface area contributed by atoms with Crippen LogP contribution < -0.4 is 15.0 Å². The van der Waals surface area contributed by atoms with Gasteiger partial charge < -0.3 is 15.0 Å². The Bertz CT molecular complexity index is 982. The van der Waals surface area contributed by atoms with Gasteiger partial charge in [0.25, 0.3) is 0 Å². The Hall–Kier alpha value is -2.74. The van der Waals surface area contributed by atoms with Crippen LogP contribution in [0.2, 0.25) is 0 Å². The summed E-state index contributed by atoms with van der Waals surface area (Å²) < 4.78 is 6.54. The molecular weight excluding hydrogens is 374 g/mol. The number of carbonyl (C=O) groups is 1. The van der Waals surface area contributed by atoms with E-state index in [1.165, 1.54) is 11.3 Å². The van der Waals surface area contributed by atoms with E-state index in [-0.39, 0.29) is 11.8 Å². The van der Waals surface area contributed by atoms with Crippen LogP contribution >= 0.6 is 11.3 Å². The van der Waals surface area contributed by atoms with E-state index in [1.54, 1.807) is 6.20 Å². The number of aryl methyl sites for hydroxylation is 1. The number of amides is 1. The molecule has 1 aliphatic rings. The molecule has 28 heavy (non-hydrogen) atoms. The van der Waals surface area contributed by atoms with E-state index in [2.05, 4.69) is 25.2 Å². The second kappa shape index (κ2) is 8.10. The second-order valence-electron chi connectivity index (χ2n) is 6.83. The van der Waals surface area contributed by atoms with E-state index < -0.39 is 0 Å². The summed E-state index contributed by atoms with van der Waals surface area (Å²) in [6.07, 6.45) is 3.34. The molecule has 0 radical (unpaired) electrons. The minimum Gasteiger partial charge on any atom is -0.494 e. The summed E-state index contributed by atoms with van der Waals surface area (Å²) in [5, 5.41) is 3.63. The largest absolute Gasteiger partial charge is 0.494 e. The molecule has 1 N–H and O–H groups in total. The van der Waals surface area contributed by atoms with Crippen molar-refractivity contribution in [3.05, 3.63) is 36.2 Å². The SMILES string of the molecule is CCOc1ccc2nc(NC(=O)C3CCN(c4nccc(C)n4)CC3)sc2c1. The maximum absolute atomic E-state index is 12.7. The number of piperidine rings is 1. The fourth-order valence-corrected chi connectivity index (χ4v) is 4.25. The first-order valence-electron chi connectivity index (χ1n) is 9.51. The average Bonchev–Trinajstić information content (AvgIpc) is 3.10. The highest BCUT2D eigenvalue weighted by atomic mass is 32.1. The van der Waals surface area contributed by atoms with Crippen LogP contribution in [0.3, 0.4) is 0 Å². The van der Waals surface area contributed by atoms with Gasteiger partial charge in [-0.05, 0) is 51.0 Å². The van der Waals surface area contributed by atoms with E-state index in [9.17, 15) is 4.79 Å². The summed E-state index contributed by atoms with van der Waals surface area (Å²) in [4.78, 5) is 28.2. The van der Waals surface area contributed by atoms with Crippen LogP contribution in [0.1, 0.15) is 25.5 Å². The number of benzene rings is 1. The Morgan fingerprint density at radius 2 is 2.11 bits per heavy atom. The van der Waals surface area contributed by atoms with E-state index in [0.717, 1.165) is 53.5 Å². The number of carbonyl (C=O) groups excluding carboxylic acids is 1.